The molecule has 0 spiro atoms. The lowest BCUT2D eigenvalue weighted by atomic mass is 9.99. The van der Waals surface area contributed by atoms with Crippen molar-refractivity contribution in [3.8, 4) is 11.1 Å². The molecule has 0 saturated heterocycles. The van der Waals surface area contributed by atoms with Gasteiger partial charge in [0.2, 0.25) is 0 Å². The first-order valence-corrected chi connectivity index (χ1v) is 13.1. The van der Waals surface area contributed by atoms with E-state index in [9.17, 15) is 4.79 Å². The van der Waals surface area contributed by atoms with Crippen LogP contribution in [0.1, 0.15) is 103 Å². The van der Waals surface area contributed by atoms with E-state index in [4.69, 9.17) is 9.47 Å². The van der Waals surface area contributed by atoms with Crippen molar-refractivity contribution in [3.05, 3.63) is 59.7 Å². The van der Waals surface area contributed by atoms with Crippen molar-refractivity contribution >= 4 is 5.97 Å². The molecule has 0 aromatic heterocycles. The first kappa shape index (κ1) is 27.1. The van der Waals surface area contributed by atoms with E-state index in [0.717, 1.165) is 31.2 Å². The van der Waals surface area contributed by atoms with Gasteiger partial charge < -0.3 is 9.47 Å². The Balaban J connectivity index is 1.80. The van der Waals surface area contributed by atoms with Crippen molar-refractivity contribution in [3.63, 3.8) is 0 Å². The highest BCUT2D eigenvalue weighted by Gasteiger charge is 2.19. The maximum absolute atomic E-state index is 12.3. The van der Waals surface area contributed by atoms with Gasteiger partial charge in [-0.1, -0.05) is 107 Å². The number of esters is 1. The molecular weight excluding hydrogens is 408 g/mol. The number of carbonyl (C=O) groups is 1. The van der Waals surface area contributed by atoms with Crippen LogP contribution in [0.5, 0.6) is 0 Å². The zero-order valence-electron chi connectivity index (χ0n) is 21.3. The van der Waals surface area contributed by atoms with E-state index in [1.54, 1.807) is 6.92 Å². The Labute approximate surface area is 201 Å². The fraction of sp³-hybridized carbons (Fsp3) is 0.567. The molecule has 2 unspecified atom stereocenters. The molecule has 3 nitrogen and oxygen atoms in total. The van der Waals surface area contributed by atoms with Crippen LogP contribution in [-0.4, -0.2) is 18.7 Å². The van der Waals surface area contributed by atoms with Gasteiger partial charge in [0.15, 0.2) is 6.10 Å². The first-order valence-electron chi connectivity index (χ1n) is 13.1. The molecule has 33 heavy (non-hydrogen) atoms. The molecule has 0 amide bonds. The van der Waals surface area contributed by atoms with Gasteiger partial charge in [-0.3, -0.25) is 0 Å². The second-order valence-electron chi connectivity index (χ2n) is 9.14. The van der Waals surface area contributed by atoms with Gasteiger partial charge in [0, 0.05) is 6.61 Å². The van der Waals surface area contributed by atoms with Crippen LogP contribution in [0.2, 0.25) is 0 Å². The molecule has 0 aliphatic rings. The topological polar surface area (TPSA) is 35.5 Å². The van der Waals surface area contributed by atoms with Gasteiger partial charge in [-0.15, -0.1) is 0 Å². The van der Waals surface area contributed by atoms with Crippen molar-refractivity contribution < 1.29 is 14.3 Å². The number of rotatable bonds is 16. The van der Waals surface area contributed by atoms with E-state index < -0.39 is 6.10 Å². The van der Waals surface area contributed by atoms with Crippen LogP contribution in [-0.2, 0) is 20.7 Å². The molecule has 182 valence electrons. The predicted octanol–water partition coefficient (Wildman–Crippen LogP) is 8.46. The minimum Gasteiger partial charge on any atom is -0.456 e. The minimum atomic E-state index is -0.529. The van der Waals surface area contributed by atoms with Crippen molar-refractivity contribution in [1.82, 2.24) is 0 Å². The molecule has 3 heteroatoms. The summed E-state index contributed by atoms with van der Waals surface area (Å²) < 4.78 is 11.2. The lowest BCUT2D eigenvalue weighted by Gasteiger charge is -2.18. The second kappa shape index (κ2) is 15.7. The summed E-state index contributed by atoms with van der Waals surface area (Å²) in [7, 11) is 0. The average Bonchev–Trinajstić information content (AvgIpc) is 2.84. The number of benzene rings is 2. The van der Waals surface area contributed by atoms with Crippen molar-refractivity contribution in [2.45, 2.75) is 104 Å². The van der Waals surface area contributed by atoms with E-state index >= 15 is 0 Å². The van der Waals surface area contributed by atoms with Gasteiger partial charge in [0.05, 0.1) is 0 Å². The molecule has 0 heterocycles. The molecule has 2 aromatic carbocycles. The number of aryl methyl sites for hydroxylation is 1. The third-order valence-electron chi connectivity index (χ3n) is 6.23. The maximum atomic E-state index is 12.3. The summed E-state index contributed by atoms with van der Waals surface area (Å²) in [6.45, 7) is 8.69. The fourth-order valence-corrected chi connectivity index (χ4v) is 3.94. The van der Waals surface area contributed by atoms with Crippen LogP contribution in [0.15, 0.2) is 48.5 Å². The van der Waals surface area contributed by atoms with Crippen LogP contribution in [0, 0.1) is 0 Å². The van der Waals surface area contributed by atoms with Crippen LogP contribution in [0.3, 0.4) is 0 Å². The first-order chi connectivity index (χ1) is 16.0. The molecule has 0 aliphatic heterocycles. The van der Waals surface area contributed by atoms with Gasteiger partial charge in [-0.05, 0) is 55.4 Å². The van der Waals surface area contributed by atoms with Gasteiger partial charge in [0.1, 0.15) is 6.10 Å². The predicted molar refractivity (Wildman–Crippen MR) is 138 cm³/mol. The van der Waals surface area contributed by atoms with E-state index in [1.807, 2.05) is 19.1 Å². The van der Waals surface area contributed by atoms with Gasteiger partial charge in [-0.2, -0.15) is 0 Å². The van der Waals surface area contributed by atoms with Crippen molar-refractivity contribution in [1.29, 1.82) is 0 Å². The fourth-order valence-electron chi connectivity index (χ4n) is 3.94. The Hall–Kier alpha value is -2.13. The monoisotopic (exact) mass is 452 g/mol. The summed E-state index contributed by atoms with van der Waals surface area (Å²) in [5, 5.41) is 0. The molecule has 0 aliphatic carbocycles. The molecule has 0 radical (unpaired) electrons. The molecule has 2 rings (SSSR count). The zero-order chi connectivity index (χ0) is 23.9. The van der Waals surface area contributed by atoms with Crippen LogP contribution in [0.25, 0.3) is 11.1 Å². The smallest absolute Gasteiger partial charge is 0.335 e. The molecule has 0 saturated carbocycles. The largest absolute Gasteiger partial charge is 0.456 e. The average molecular weight is 453 g/mol. The Bertz CT molecular complexity index is 779. The van der Waals surface area contributed by atoms with Crippen LogP contribution < -0.4 is 0 Å². The van der Waals surface area contributed by atoms with E-state index in [2.05, 4.69) is 50.2 Å². The molecule has 0 bridgehead atoms. The summed E-state index contributed by atoms with van der Waals surface area (Å²) in [5.41, 5.74) is 4.80. The van der Waals surface area contributed by atoms with Crippen LogP contribution in [0.4, 0.5) is 0 Å². The highest BCUT2D eigenvalue weighted by atomic mass is 16.6. The standard InChI is InChI=1S/C30H44O3/c1-5-7-9-10-11-12-14-26-15-17-28(18-16-26)29-21-19-27(20-22-29)24(3)33-30(31)25(4)32-23-13-8-6-2/h15-22,24-25H,5-14,23H2,1-4H3. The third-order valence-corrected chi connectivity index (χ3v) is 6.23. The SMILES string of the molecule is CCCCCCCCc1ccc(-c2ccc(C(C)OC(=O)C(C)OCCCCC)cc2)cc1. The number of hydrogen-bond acceptors (Lipinski definition) is 3. The lowest BCUT2D eigenvalue weighted by Crippen LogP contribution is -2.25. The Morgan fingerprint density at radius 2 is 1.27 bits per heavy atom. The number of unbranched alkanes of at least 4 members (excludes halogenated alkanes) is 7. The maximum Gasteiger partial charge on any atom is 0.335 e. The normalized spacial score (nSPS) is 13.0. The quantitative estimate of drug-likeness (QED) is 0.189. The van der Waals surface area contributed by atoms with Crippen molar-refractivity contribution in [2.75, 3.05) is 6.61 Å². The summed E-state index contributed by atoms with van der Waals surface area (Å²) in [5.74, 6) is -0.302. The molecule has 0 N–H and O–H groups in total. The second-order valence-corrected chi connectivity index (χ2v) is 9.14. The van der Waals surface area contributed by atoms with E-state index in [0.29, 0.717) is 6.61 Å². The van der Waals surface area contributed by atoms with Crippen molar-refractivity contribution in [2.24, 2.45) is 0 Å². The summed E-state index contributed by atoms with van der Waals surface area (Å²) in [4.78, 5) is 12.3. The molecular formula is C30H44O3. The van der Waals surface area contributed by atoms with E-state index in [-0.39, 0.29) is 12.1 Å². The summed E-state index contributed by atoms with van der Waals surface area (Å²) in [6, 6.07) is 17.2. The molecule has 2 atom stereocenters. The Kier molecular flexibility index (Phi) is 12.9. The van der Waals surface area contributed by atoms with Gasteiger partial charge in [0.25, 0.3) is 0 Å². The van der Waals surface area contributed by atoms with Gasteiger partial charge in [-0.25, -0.2) is 4.79 Å². The number of ether oxygens (including phenoxy) is 2. The van der Waals surface area contributed by atoms with Crippen LogP contribution >= 0.6 is 0 Å². The highest BCUT2D eigenvalue weighted by molar-refractivity contribution is 5.74. The summed E-state index contributed by atoms with van der Waals surface area (Å²) >= 11 is 0. The number of carbonyl (C=O) groups excluding carboxylic acids is 1. The van der Waals surface area contributed by atoms with Gasteiger partial charge >= 0.3 is 5.97 Å². The zero-order valence-corrected chi connectivity index (χ0v) is 21.3. The van der Waals surface area contributed by atoms with E-state index in [1.165, 1.54) is 55.2 Å². The Morgan fingerprint density at radius 1 is 0.727 bits per heavy atom. The molecule has 2 aromatic rings. The Morgan fingerprint density at radius 3 is 1.91 bits per heavy atom. The minimum absolute atomic E-state index is 0.298. The molecule has 0 fully saturated rings. The third kappa shape index (κ3) is 10.1. The number of hydrogen-bond donors (Lipinski definition) is 0. The lowest BCUT2D eigenvalue weighted by molar-refractivity contribution is -0.161. The highest BCUT2D eigenvalue weighted by Crippen LogP contribution is 2.25. The summed E-state index contributed by atoms with van der Waals surface area (Å²) in [6.07, 6.45) is 11.6.